The number of fused-ring (bicyclic) bond motifs is 3. The van der Waals surface area contributed by atoms with Crippen LogP contribution in [0, 0.1) is 0 Å². The van der Waals surface area contributed by atoms with Gasteiger partial charge in [0.25, 0.3) is 0 Å². The summed E-state index contributed by atoms with van der Waals surface area (Å²) in [5, 5.41) is 0. The van der Waals surface area contributed by atoms with Crippen molar-refractivity contribution >= 4 is 6.08 Å². The Kier molecular flexibility index (Phi) is 2.10. The van der Waals surface area contributed by atoms with Crippen molar-refractivity contribution in [3.63, 3.8) is 0 Å². The molecule has 0 heteroatoms. The minimum atomic E-state index is 0.501. The quantitative estimate of drug-likeness (QED) is 0.641. The van der Waals surface area contributed by atoms with E-state index in [-0.39, 0.29) is 0 Å². The molecule has 0 amide bonds. The minimum absolute atomic E-state index is 0.501. The molecule has 1 aromatic carbocycles. The molecule has 0 heterocycles. The molecule has 1 atom stereocenters. The first-order valence-corrected chi connectivity index (χ1v) is 5.96. The molecule has 0 radical (unpaired) electrons. The van der Waals surface area contributed by atoms with Crippen molar-refractivity contribution in [3.05, 3.63) is 64.8 Å². The van der Waals surface area contributed by atoms with Gasteiger partial charge >= 0.3 is 0 Å². The lowest BCUT2D eigenvalue weighted by atomic mass is 9.91. The second kappa shape index (κ2) is 3.48. The fourth-order valence-corrected chi connectivity index (χ4v) is 2.52. The van der Waals surface area contributed by atoms with Gasteiger partial charge in [0.1, 0.15) is 0 Å². The molecule has 0 nitrogen and oxygen atoms in total. The summed E-state index contributed by atoms with van der Waals surface area (Å²) in [4.78, 5) is 0. The van der Waals surface area contributed by atoms with Gasteiger partial charge in [0.2, 0.25) is 0 Å². The molecule has 0 aromatic heterocycles. The van der Waals surface area contributed by atoms with E-state index in [9.17, 15) is 0 Å². The van der Waals surface area contributed by atoms with Crippen LogP contribution in [0.4, 0.5) is 0 Å². The predicted octanol–water partition coefficient (Wildman–Crippen LogP) is 4.42. The zero-order valence-corrected chi connectivity index (χ0v) is 9.77. The first-order valence-electron chi connectivity index (χ1n) is 5.96. The number of rotatable bonds is 1. The average molecular weight is 208 g/mol. The monoisotopic (exact) mass is 208 g/mol. The van der Waals surface area contributed by atoms with Crippen LogP contribution in [0.2, 0.25) is 0 Å². The standard InChI is InChI=1S/C16H16/c1-11(2)12-7-8-16-14(9-12)10-13-5-3-4-6-15(13)16/h3-11,15H,1-2H3. The van der Waals surface area contributed by atoms with Crippen molar-refractivity contribution in [2.45, 2.75) is 25.7 Å². The molecule has 3 rings (SSSR count). The largest absolute Gasteiger partial charge is 0.0726 e. The van der Waals surface area contributed by atoms with Crippen LogP contribution in [-0.4, -0.2) is 0 Å². The summed E-state index contributed by atoms with van der Waals surface area (Å²) >= 11 is 0. The molecular weight excluding hydrogens is 192 g/mol. The van der Waals surface area contributed by atoms with E-state index in [1.807, 2.05) is 0 Å². The van der Waals surface area contributed by atoms with Gasteiger partial charge in [-0.25, -0.2) is 0 Å². The van der Waals surface area contributed by atoms with Gasteiger partial charge < -0.3 is 0 Å². The highest BCUT2D eigenvalue weighted by Gasteiger charge is 2.22. The van der Waals surface area contributed by atoms with Crippen LogP contribution >= 0.6 is 0 Å². The number of allylic oxidation sites excluding steroid dienone is 5. The lowest BCUT2D eigenvalue weighted by Crippen LogP contribution is -1.96. The van der Waals surface area contributed by atoms with Crippen LogP contribution in [0.5, 0.6) is 0 Å². The fourth-order valence-electron chi connectivity index (χ4n) is 2.52. The third-order valence-electron chi connectivity index (χ3n) is 3.50. The fraction of sp³-hybridized carbons (Fsp3) is 0.250. The topological polar surface area (TPSA) is 0 Å². The van der Waals surface area contributed by atoms with Gasteiger partial charge in [-0.05, 0) is 28.2 Å². The predicted molar refractivity (Wildman–Crippen MR) is 69.5 cm³/mol. The maximum absolute atomic E-state index is 2.34. The molecule has 2 aliphatic rings. The summed E-state index contributed by atoms with van der Waals surface area (Å²) in [6, 6.07) is 6.90. The van der Waals surface area contributed by atoms with E-state index < -0.39 is 0 Å². The van der Waals surface area contributed by atoms with Gasteiger partial charge in [0, 0.05) is 5.92 Å². The smallest absolute Gasteiger partial charge is 0.0278 e. The first-order chi connectivity index (χ1) is 7.75. The van der Waals surface area contributed by atoms with Crippen molar-refractivity contribution in [1.82, 2.24) is 0 Å². The molecule has 0 N–H and O–H groups in total. The third-order valence-corrected chi connectivity index (χ3v) is 3.50. The van der Waals surface area contributed by atoms with Gasteiger partial charge in [-0.15, -0.1) is 0 Å². The number of hydrogen-bond acceptors (Lipinski definition) is 0. The summed E-state index contributed by atoms with van der Waals surface area (Å²) in [6.45, 7) is 4.49. The molecule has 0 saturated heterocycles. The molecule has 0 aliphatic heterocycles. The molecular formula is C16H16. The molecule has 1 aromatic rings. The number of hydrogen-bond donors (Lipinski definition) is 0. The highest BCUT2D eigenvalue weighted by Crippen LogP contribution is 2.40. The average Bonchev–Trinajstić information content (AvgIpc) is 2.66. The molecule has 80 valence electrons. The van der Waals surface area contributed by atoms with Gasteiger partial charge in [-0.1, -0.05) is 62.4 Å². The Morgan fingerprint density at radius 1 is 1.12 bits per heavy atom. The van der Waals surface area contributed by atoms with Crippen LogP contribution in [0.15, 0.2) is 48.1 Å². The lowest BCUT2D eigenvalue weighted by molar-refractivity contribution is 0.864. The SMILES string of the molecule is CC(C)c1ccc2c(c1)C=C1C=CC=CC12. The lowest BCUT2D eigenvalue weighted by Gasteiger charge is -2.13. The summed E-state index contributed by atoms with van der Waals surface area (Å²) in [5.41, 5.74) is 5.73. The van der Waals surface area contributed by atoms with Crippen molar-refractivity contribution < 1.29 is 0 Å². The Labute approximate surface area is 97.0 Å². The number of benzene rings is 1. The van der Waals surface area contributed by atoms with Crippen molar-refractivity contribution in [1.29, 1.82) is 0 Å². The Hall–Kier alpha value is -1.56. The van der Waals surface area contributed by atoms with Crippen LogP contribution < -0.4 is 0 Å². The third kappa shape index (κ3) is 1.37. The molecule has 0 bridgehead atoms. The highest BCUT2D eigenvalue weighted by atomic mass is 14.3. The molecule has 0 saturated carbocycles. The zero-order valence-electron chi connectivity index (χ0n) is 9.77. The normalized spacial score (nSPS) is 20.9. The maximum atomic E-state index is 2.34. The van der Waals surface area contributed by atoms with E-state index in [0.29, 0.717) is 11.8 Å². The summed E-state index contributed by atoms with van der Waals surface area (Å²) < 4.78 is 0. The van der Waals surface area contributed by atoms with Crippen molar-refractivity contribution in [2.75, 3.05) is 0 Å². The van der Waals surface area contributed by atoms with Crippen LogP contribution in [0.3, 0.4) is 0 Å². The molecule has 16 heavy (non-hydrogen) atoms. The Bertz CT molecular complexity index is 513. The maximum Gasteiger partial charge on any atom is 0.0278 e. The van der Waals surface area contributed by atoms with E-state index in [2.05, 4.69) is 62.4 Å². The Morgan fingerprint density at radius 3 is 2.81 bits per heavy atom. The van der Waals surface area contributed by atoms with E-state index in [0.717, 1.165) is 0 Å². The first kappa shape index (κ1) is 9.65. The van der Waals surface area contributed by atoms with Gasteiger partial charge in [0.05, 0.1) is 0 Å². The second-order valence-electron chi connectivity index (χ2n) is 4.91. The van der Waals surface area contributed by atoms with Gasteiger partial charge in [0.15, 0.2) is 0 Å². The van der Waals surface area contributed by atoms with E-state index >= 15 is 0 Å². The molecule has 1 unspecified atom stereocenters. The summed E-state index contributed by atoms with van der Waals surface area (Å²) in [6.07, 6.45) is 11.1. The summed E-state index contributed by atoms with van der Waals surface area (Å²) in [5.74, 6) is 1.11. The molecule has 0 fully saturated rings. The van der Waals surface area contributed by atoms with Gasteiger partial charge in [-0.3, -0.25) is 0 Å². The Balaban J connectivity index is 2.10. The van der Waals surface area contributed by atoms with E-state index in [4.69, 9.17) is 0 Å². The Morgan fingerprint density at radius 2 is 2.00 bits per heavy atom. The van der Waals surface area contributed by atoms with Crippen LogP contribution in [0.25, 0.3) is 6.08 Å². The molecule has 2 aliphatic carbocycles. The van der Waals surface area contributed by atoms with E-state index in [1.165, 1.54) is 22.3 Å². The second-order valence-corrected chi connectivity index (χ2v) is 4.91. The summed E-state index contributed by atoms with van der Waals surface area (Å²) in [7, 11) is 0. The highest BCUT2D eigenvalue weighted by molar-refractivity contribution is 5.72. The van der Waals surface area contributed by atoms with Crippen LogP contribution in [0.1, 0.15) is 42.4 Å². The van der Waals surface area contributed by atoms with Crippen LogP contribution in [-0.2, 0) is 0 Å². The van der Waals surface area contributed by atoms with Crippen molar-refractivity contribution in [3.8, 4) is 0 Å². The van der Waals surface area contributed by atoms with Crippen molar-refractivity contribution in [2.24, 2.45) is 0 Å². The zero-order chi connectivity index (χ0) is 11.1. The minimum Gasteiger partial charge on any atom is -0.0726 e. The molecule has 0 spiro atoms. The van der Waals surface area contributed by atoms with Gasteiger partial charge in [-0.2, -0.15) is 0 Å². The van der Waals surface area contributed by atoms with E-state index in [1.54, 1.807) is 0 Å².